The van der Waals surface area contributed by atoms with Crippen molar-refractivity contribution >= 4 is 12.0 Å². The maximum Gasteiger partial charge on any atom is 0.317 e. The number of aliphatic carboxylic acids is 1. The largest absolute Gasteiger partial charge is 0.481 e. The second-order valence-electron chi connectivity index (χ2n) is 6.35. The summed E-state index contributed by atoms with van der Waals surface area (Å²) in [5.41, 5.74) is -0.276. The lowest BCUT2D eigenvalue weighted by atomic mass is 9.79. The van der Waals surface area contributed by atoms with E-state index >= 15 is 0 Å². The quantitative estimate of drug-likeness (QED) is 0.786. The molecule has 0 saturated heterocycles. The van der Waals surface area contributed by atoms with Crippen molar-refractivity contribution in [3.05, 3.63) is 0 Å². The van der Waals surface area contributed by atoms with Crippen molar-refractivity contribution in [1.82, 2.24) is 10.2 Å². The number of nitrogens with zero attached hydrogens (tertiary/aromatic N) is 1. The highest BCUT2D eigenvalue weighted by Gasteiger charge is 2.34. The molecular formula is C15H28N2O4. The zero-order valence-electron chi connectivity index (χ0n) is 13.5. The van der Waals surface area contributed by atoms with Crippen molar-refractivity contribution in [2.45, 2.75) is 45.1 Å². The summed E-state index contributed by atoms with van der Waals surface area (Å²) in [6, 6.07) is -0.252. The number of carboxylic acid groups (broad SMARTS) is 1. The standard InChI is InChI=1S/C15H28N2O4/c1-11-5-7-15(21-4,8-6-11)10-16-14(20)17(3)9-12(2)13(18)19/h11-12H,5-10H2,1-4H3,(H,16,20)(H,18,19). The Hall–Kier alpha value is -1.30. The molecule has 0 spiro atoms. The highest BCUT2D eigenvalue weighted by atomic mass is 16.5. The normalized spacial score (nSPS) is 27.0. The van der Waals surface area contributed by atoms with E-state index in [0.717, 1.165) is 25.7 Å². The minimum absolute atomic E-state index is 0.193. The van der Waals surface area contributed by atoms with Gasteiger partial charge in [-0.1, -0.05) is 13.8 Å². The van der Waals surface area contributed by atoms with Crippen molar-refractivity contribution in [3.63, 3.8) is 0 Å². The fourth-order valence-electron chi connectivity index (χ4n) is 2.68. The number of amides is 2. The first-order valence-electron chi connectivity index (χ1n) is 7.56. The van der Waals surface area contributed by atoms with Gasteiger partial charge in [-0.25, -0.2) is 4.79 Å². The number of urea groups is 1. The molecule has 6 heteroatoms. The number of carbonyl (C=O) groups is 2. The van der Waals surface area contributed by atoms with Gasteiger partial charge >= 0.3 is 12.0 Å². The van der Waals surface area contributed by atoms with Gasteiger partial charge < -0.3 is 20.1 Å². The van der Waals surface area contributed by atoms with Crippen LogP contribution < -0.4 is 5.32 Å². The van der Waals surface area contributed by atoms with Crippen LogP contribution in [0.4, 0.5) is 4.79 Å². The Kier molecular flexibility index (Phi) is 6.45. The third-order valence-corrected chi connectivity index (χ3v) is 4.50. The van der Waals surface area contributed by atoms with Gasteiger partial charge in [-0.15, -0.1) is 0 Å². The number of nitrogens with one attached hydrogen (secondary N) is 1. The molecule has 21 heavy (non-hydrogen) atoms. The maximum absolute atomic E-state index is 12.0. The number of hydrogen-bond donors (Lipinski definition) is 2. The predicted molar refractivity (Wildman–Crippen MR) is 80.2 cm³/mol. The van der Waals surface area contributed by atoms with Gasteiger partial charge in [0.1, 0.15) is 0 Å². The molecule has 0 radical (unpaired) electrons. The Morgan fingerprint density at radius 2 is 2.00 bits per heavy atom. The van der Waals surface area contributed by atoms with E-state index in [4.69, 9.17) is 9.84 Å². The Labute approximate surface area is 126 Å². The van der Waals surface area contributed by atoms with Gasteiger partial charge in [-0.3, -0.25) is 4.79 Å². The molecule has 122 valence electrons. The summed E-state index contributed by atoms with van der Waals surface area (Å²) < 4.78 is 5.65. The molecule has 1 aliphatic rings. The van der Waals surface area contributed by atoms with E-state index in [2.05, 4.69) is 12.2 Å². The molecule has 0 aromatic rings. The molecule has 6 nitrogen and oxygen atoms in total. The van der Waals surface area contributed by atoms with Crippen molar-refractivity contribution in [2.24, 2.45) is 11.8 Å². The van der Waals surface area contributed by atoms with Crippen LogP contribution >= 0.6 is 0 Å². The van der Waals surface area contributed by atoms with E-state index in [-0.39, 0.29) is 18.2 Å². The van der Waals surface area contributed by atoms with Crippen LogP contribution in [0.15, 0.2) is 0 Å². The molecule has 2 N–H and O–H groups in total. The van der Waals surface area contributed by atoms with E-state index in [1.165, 1.54) is 4.90 Å². The topological polar surface area (TPSA) is 78.9 Å². The molecule has 1 aliphatic carbocycles. The second kappa shape index (κ2) is 7.64. The van der Waals surface area contributed by atoms with Crippen LogP contribution in [-0.2, 0) is 9.53 Å². The third-order valence-electron chi connectivity index (χ3n) is 4.50. The van der Waals surface area contributed by atoms with Gasteiger partial charge in [-0.2, -0.15) is 0 Å². The SMILES string of the molecule is COC1(CNC(=O)N(C)CC(C)C(=O)O)CCC(C)CC1. The Morgan fingerprint density at radius 3 is 2.48 bits per heavy atom. The highest BCUT2D eigenvalue weighted by Crippen LogP contribution is 2.33. The van der Waals surface area contributed by atoms with Crippen LogP contribution in [0.2, 0.25) is 0 Å². The molecule has 0 bridgehead atoms. The number of methoxy groups -OCH3 is 1. The highest BCUT2D eigenvalue weighted by molar-refractivity contribution is 5.75. The Morgan fingerprint density at radius 1 is 1.43 bits per heavy atom. The molecule has 0 heterocycles. The van der Waals surface area contributed by atoms with Gasteiger partial charge in [-0.05, 0) is 31.6 Å². The zero-order chi connectivity index (χ0) is 16.0. The molecule has 0 aliphatic heterocycles. The number of carbonyl (C=O) groups excluding carboxylic acids is 1. The van der Waals surface area contributed by atoms with E-state index in [1.54, 1.807) is 21.1 Å². The minimum atomic E-state index is -0.899. The van der Waals surface area contributed by atoms with Crippen molar-refractivity contribution in [3.8, 4) is 0 Å². The third kappa shape index (κ3) is 5.19. The van der Waals surface area contributed by atoms with Gasteiger partial charge in [0, 0.05) is 27.2 Å². The molecule has 1 rings (SSSR count). The average molecular weight is 300 g/mol. The summed E-state index contributed by atoms with van der Waals surface area (Å²) >= 11 is 0. The molecule has 2 amide bonds. The zero-order valence-corrected chi connectivity index (χ0v) is 13.5. The second-order valence-corrected chi connectivity index (χ2v) is 6.35. The number of hydrogen-bond acceptors (Lipinski definition) is 3. The number of carboxylic acids is 1. The first kappa shape index (κ1) is 17.8. The lowest BCUT2D eigenvalue weighted by Gasteiger charge is -2.38. The summed E-state index contributed by atoms with van der Waals surface area (Å²) in [6.07, 6.45) is 4.10. The van der Waals surface area contributed by atoms with Crippen molar-refractivity contribution < 1.29 is 19.4 Å². The first-order valence-corrected chi connectivity index (χ1v) is 7.56. The Bertz CT molecular complexity index is 365. The van der Waals surface area contributed by atoms with Crippen LogP contribution in [0, 0.1) is 11.8 Å². The van der Waals surface area contributed by atoms with Crippen LogP contribution in [0.1, 0.15) is 39.5 Å². The maximum atomic E-state index is 12.0. The summed E-state index contributed by atoms with van der Waals surface area (Å²) in [5, 5.41) is 11.7. The molecular weight excluding hydrogens is 272 g/mol. The van der Waals surface area contributed by atoms with Crippen molar-refractivity contribution in [2.75, 3.05) is 27.2 Å². The molecule has 1 unspecified atom stereocenters. The van der Waals surface area contributed by atoms with Crippen LogP contribution in [0.25, 0.3) is 0 Å². The summed E-state index contributed by atoms with van der Waals surface area (Å²) in [6.45, 7) is 4.49. The fourth-order valence-corrected chi connectivity index (χ4v) is 2.68. The van der Waals surface area contributed by atoms with Gasteiger partial charge in [0.2, 0.25) is 0 Å². The summed E-state index contributed by atoms with van der Waals surface area (Å²) in [4.78, 5) is 24.3. The molecule has 0 aromatic carbocycles. The van der Waals surface area contributed by atoms with Crippen LogP contribution in [-0.4, -0.2) is 54.9 Å². The lowest BCUT2D eigenvalue weighted by Crippen LogP contribution is -2.50. The van der Waals surface area contributed by atoms with E-state index in [0.29, 0.717) is 12.5 Å². The van der Waals surface area contributed by atoms with E-state index in [9.17, 15) is 9.59 Å². The number of rotatable bonds is 6. The monoisotopic (exact) mass is 300 g/mol. The van der Waals surface area contributed by atoms with Crippen molar-refractivity contribution in [1.29, 1.82) is 0 Å². The summed E-state index contributed by atoms with van der Waals surface area (Å²) in [5.74, 6) is -0.764. The smallest absolute Gasteiger partial charge is 0.317 e. The van der Waals surface area contributed by atoms with Crippen LogP contribution in [0.5, 0.6) is 0 Å². The minimum Gasteiger partial charge on any atom is -0.481 e. The first-order chi connectivity index (χ1) is 9.79. The van der Waals surface area contributed by atoms with Gasteiger partial charge in [0.15, 0.2) is 0 Å². The molecule has 0 aromatic heterocycles. The number of ether oxygens (including phenoxy) is 1. The molecule has 1 atom stereocenters. The molecule has 1 saturated carbocycles. The van der Waals surface area contributed by atoms with Gasteiger partial charge in [0.05, 0.1) is 11.5 Å². The Balaban J connectivity index is 2.45. The van der Waals surface area contributed by atoms with Gasteiger partial charge in [0.25, 0.3) is 0 Å². The fraction of sp³-hybridized carbons (Fsp3) is 0.867. The lowest BCUT2D eigenvalue weighted by molar-refractivity contribution is -0.141. The summed E-state index contributed by atoms with van der Waals surface area (Å²) in [7, 11) is 3.30. The molecule has 1 fully saturated rings. The predicted octanol–water partition coefficient (Wildman–Crippen LogP) is 1.94. The van der Waals surface area contributed by atoms with E-state index < -0.39 is 11.9 Å². The van der Waals surface area contributed by atoms with E-state index in [1.807, 2.05) is 0 Å². The average Bonchev–Trinajstić information content (AvgIpc) is 2.46. The van der Waals surface area contributed by atoms with Crippen LogP contribution in [0.3, 0.4) is 0 Å².